The molecular weight excluding hydrogens is 260 g/mol. The number of aryl methyl sites for hydroxylation is 1. The van der Waals surface area contributed by atoms with Gasteiger partial charge in [0.25, 0.3) is 10.1 Å². The zero-order valence-corrected chi connectivity index (χ0v) is 12.0. The van der Waals surface area contributed by atoms with Crippen LogP contribution < -0.4 is 0 Å². The Morgan fingerprint density at radius 1 is 1.05 bits per heavy atom. The third-order valence-electron chi connectivity index (χ3n) is 3.29. The highest BCUT2D eigenvalue weighted by Gasteiger charge is 2.21. The van der Waals surface area contributed by atoms with Crippen LogP contribution in [0.3, 0.4) is 0 Å². The summed E-state index contributed by atoms with van der Waals surface area (Å²) < 4.78 is 29.7. The van der Waals surface area contributed by atoms with E-state index in [1.807, 2.05) is 6.92 Å². The summed E-state index contributed by atoms with van der Waals surface area (Å²) >= 11 is 0. The SMILES string of the molecule is Cc1ccc(S(=O)(=O)OC2CC/C=C\CCC2)cc1. The van der Waals surface area contributed by atoms with Gasteiger partial charge < -0.3 is 0 Å². The van der Waals surface area contributed by atoms with Crippen molar-refractivity contribution in [3.63, 3.8) is 0 Å². The van der Waals surface area contributed by atoms with Gasteiger partial charge in [0, 0.05) is 0 Å². The Morgan fingerprint density at radius 2 is 1.74 bits per heavy atom. The quantitative estimate of drug-likeness (QED) is 0.627. The van der Waals surface area contributed by atoms with E-state index in [2.05, 4.69) is 12.2 Å². The van der Waals surface area contributed by atoms with E-state index in [4.69, 9.17) is 4.18 Å². The molecule has 0 saturated heterocycles. The maximum atomic E-state index is 12.2. The molecule has 0 aliphatic heterocycles. The highest BCUT2D eigenvalue weighted by atomic mass is 32.2. The summed E-state index contributed by atoms with van der Waals surface area (Å²) in [5, 5.41) is 0. The average molecular weight is 280 g/mol. The standard InChI is InChI=1S/C15H20O3S/c1-13-9-11-15(12-10-13)19(16,17)18-14-7-5-3-2-4-6-8-14/h2-3,9-12,14H,4-8H2,1H3/b3-2-. The van der Waals surface area contributed by atoms with Crippen LogP contribution in [0.1, 0.15) is 37.7 Å². The van der Waals surface area contributed by atoms with Crippen molar-refractivity contribution in [2.24, 2.45) is 0 Å². The number of hydrogen-bond donors (Lipinski definition) is 0. The van der Waals surface area contributed by atoms with E-state index in [0.717, 1.165) is 37.7 Å². The summed E-state index contributed by atoms with van der Waals surface area (Å²) in [6.45, 7) is 1.93. The molecule has 0 spiro atoms. The molecule has 0 saturated carbocycles. The molecule has 0 fully saturated rings. The Balaban J connectivity index is 2.07. The molecular formula is C15H20O3S. The van der Waals surface area contributed by atoms with Crippen LogP contribution in [0.25, 0.3) is 0 Å². The Morgan fingerprint density at radius 3 is 2.47 bits per heavy atom. The van der Waals surface area contributed by atoms with E-state index in [9.17, 15) is 8.42 Å². The molecule has 4 heteroatoms. The minimum absolute atomic E-state index is 0.198. The first-order valence-corrected chi connectivity index (χ1v) is 8.14. The van der Waals surface area contributed by atoms with Crippen LogP contribution >= 0.6 is 0 Å². The Bertz CT molecular complexity index is 529. The molecule has 1 aliphatic rings. The molecule has 104 valence electrons. The second-order valence-electron chi connectivity index (χ2n) is 4.97. The van der Waals surface area contributed by atoms with Gasteiger partial charge in [0.2, 0.25) is 0 Å². The lowest BCUT2D eigenvalue weighted by Crippen LogP contribution is -2.19. The van der Waals surface area contributed by atoms with Gasteiger partial charge in [0.1, 0.15) is 0 Å². The summed E-state index contributed by atoms with van der Waals surface area (Å²) in [7, 11) is -3.63. The van der Waals surface area contributed by atoms with E-state index < -0.39 is 10.1 Å². The Kier molecular flexibility index (Phi) is 4.77. The number of rotatable bonds is 3. The smallest absolute Gasteiger partial charge is 0.263 e. The lowest BCUT2D eigenvalue weighted by atomic mass is 10.0. The minimum atomic E-state index is -3.63. The van der Waals surface area contributed by atoms with E-state index in [-0.39, 0.29) is 11.0 Å². The van der Waals surface area contributed by atoms with Crippen LogP contribution in [0.4, 0.5) is 0 Å². The Hall–Kier alpha value is -1.13. The third-order valence-corrected chi connectivity index (χ3v) is 4.67. The zero-order valence-electron chi connectivity index (χ0n) is 11.2. The van der Waals surface area contributed by atoms with Crippen LogP contribution in [0, 0.1) is 6.92 Å². The van der Waals surface area contributed by atoms with Crippen molar-refractivity contribution in [1.29, 1.82) is 0 Å². The molecule has 1 atom stereocenters. The van der Waals surface area contributed by atoms with Crippen molar-refractivity contribution >= 4 is 10.1 Å². The van der Waals surface area contributed by atoms with Gasteiger partial charge in [0.05, 0.1) is 11.0 Å². The molecule has 0 heterocycles. The number of allylic oxidation sites excluding steroid dienone is 2. The van der Waals surface area contributed by atoms with Crippen LogP contribution in [0.15, 0.2) is 41.3 Å². The van der Waals surface area contributed by atoms with E-state index >= 15 is 0 Å². The topological polar surface area (TPSA) is 43.4 Å². The summed E-state index contributed by atoms with van der Waals surface area (Å²) in [4.78, 5) is 0.246. The molecule has 0 aromatic heterocycles. The van der Waals surface area contributed by atoms with Crippen molar-refractivity contribution in [3.8, 4) is 0 Å². The third kappa shape index (κ3) is 4.18. The van der Waals surface area contributed by atoms with Crippen LogP contribution in [-0.4, -0.2) is 14.5 Å². The normalized spacial score (nSPS) is 22.5. The predicted octanol–water partition coefficient (Wildman–Crippen LogP) is 3.59. The molecule has 1 aromatic rings. The lowest BCUT2D eigenvalue weighted by Gasteiger charge is -2.18. The fourth-order valence-corrected chi connectivity index (χ4v) is 3.29. The lowest BCUT2D eigenvalue weighted by molar-refractivity contribution is 0.185. The highest BCUT2D eigenvalue weighted by Crippen LogP contribution is 2.21. The minimum Gasteiger partial charge on any atom is -0.263 e. The van der Waals surface area contributed by atoms with Crippen molar-refractivity contribution in [2.75, 3.05) is 0 Å². The molecule has 3 nitrogen and oxygen atoms in total. The maximum Gasteiger partial charge on any atom is 0.297 e. The molecule has 0 amide bonds. The molecule has 1 aromatic carbocycles. The Labute approximate surface area is 115 Å². The first-order valence-electron chi connectivity index (χ1n) is 6.73. The number of benzene rings is 1. The summed E-state index contributed by atoms with van der Waals surface area (Å²) in [6, 6.07) is 6.79. The van der Waals surface area contributed by atoms with Crippen molar-refractivity contribution in [2.45, 2.75) is 50.0 Å². The molecule has 2 rings (SSSR count). The van der Waals surface area contributed by atoms with E-state index in [1.165, 1.54) is 0 Å². The van der Waals surface area contributed by atoms with Gasteiger partial charge in [0.15, 0.2) is 0 Å². The van der Waals surface area contributed by atoms with Gasteiger partial charge in [-0.25, -0.2) is 0 Å². The summed E-state index contributed by atoms with van der Waals surface area (Å²) in [5.41, 5.74) is 1.04. The highest BCUT2D eigenvalue weighted by molar-refractivity contribution is 7.86. The van der Waals surface area contributed by atoms with Gasteiger partial charge in [-0.3, -0.25) is 4.18 Å². The van der Waals surface area contributed by atoms with E-state index in [1.54, 1.807) is 24.3 Å². The predicted molar refractivity (Wildman–Crippen MR) is 75.5 cm³/mol. The van der Waals surface area contributed by atoms with Gasteiger partial charge in [-0.15, -0.1) is 0 Å². The molecule has 19 heavy (non-hydrogen) atoms. The maximum absolute atomic E-state index is 12.2. The van der Waals surface area contributed by atoms with Crippen molar-refractivity contribution < 1.29 is 12.6 Å². The first-order chi connectivity index (χ1) is 9.08. The van der Waals surface area contributed by atoms with Crippen LogP contribution in [0.5, 0.6) is 0 Å². The van der Waals surface area contributed by atoms with Gasteiger partial charge in [-0.2, -0.15) is 8.42 Å². The second-order valence-corrected chi connectivity index (χ2v) is 6.54. The molecule has 0 bridgehead atoms. The summed E-state index contributed by atoms with van der Waals surface area (Å²) in [5.74, 6) is 0. The largest absolute Gasteiger partial charge is 0.297 e. The molecule has 1 unspecified atom stereocenters. The average Bonchev–Trinajstić information content (AvgIpc) is 2.33. The number of hydrogen-bond acceptors (Lipinski definition) is 3. The van der Waals surface area contributed by atoms with Gasteiger partial charge in [-0.05, 0) is 51.2 Å². The summed E-state index contributed by atoms with van der Waals surface area (Å²) in [6.07, 6.45) is 8.50. The van der Waals surface area contributed by atoms with E-state index in [0.29, 0.717) is 0 Å². The fourth-order valence-electron chi connectivity index (χ4n) is 2.16. The van der Waals surface area contributed by atoms with Crippen LogP contribution in [-0.2, 0) is 14.3 Å². The fraction of sp³-hybridized carbons (Fsp3) is 0.467. The van der Waals surface area contributed by atoms with Crippen LogP contribution in [0.2, 0.25) is 0 Å². The molecule has 0 N–H and O–H groups in total. The molecule has 1 aliphatic carbocycles. The zero-order chi connectivity index (χ0) is 13.7. The monoisotopic (exact) mass is 280 g/mol. The first kappa shape index (κ1) is 14.3. The van der Waals surface area contributed by atoms with Crippen molar-refractivity contribution in [1.82, 2.24) is 0 Å². The van der Waals surface area contributed by atoms with Crippen molar-refractivity contribution in [3.05, 3.63) is 42.0 Å². The van der Waals surface area contributed by atoms with Gasteiger partial charge in [-0.1, -0.05) is 29.8 Å². The molecule has 0 radical (unpaired) electrons. The van der Waals surface area contributed by atoms with Gasteiger partial charge >= 0.3 is 0 Å². The second kappa shape index (κ2) is 6.35.